The maximum Gasteiger partial charge on any atom is 0.135 e. The smallest absolute Gasteiger partial charge is 0.135 e. The summed E-state index contributed by atoms with van der Waals surface area (Å²) >= 11 is 0. The number of nitrogens with zero attached hydrogens (tertiary/aromatic N) is 1. The van der Waals surface area contributed by atoms with Crippen LogP contribution >= 0.6 is 0 Å². The Labute approximate surface area is 226 Å². The first-order valence-corrected chi connectivity index (χ1v) is 14.1. The molecule has 4 aromatic rings. The lowest BCUT2D eigenvalue weighted by Crippen LogP contribution is -2.32. The van der Waals surface area contributed by atoms with Crippen LogP contribution in [0.1, 0.15) is 70.8 Å². The van der Waals surface area contributed by atoms with Gasteiger partial charge in [0.05, 0.1) is 11.4 Å². The van der Waals surface area contributed by atoms with E-state index in [-0.39, 0.29) is 5.41 Å². The lowest BCUT2D eigenvalue weighted by molar-refractivity contribution is -0.123. The van der Waals surface area contributed by atoms with E-state index in [9.17, 15) is 4.79 Å². The highest BCUT2D eigenvalue weighted by Crippen LogP contribution is 2.49. The second-order valence-electron chi connectivity index (χ2n) is 11.1. The molecule has 38 heavy (non-hydrogen) atoms. The summed E-state index contributed by atoms with van der Waals surface area (Å²) in [5.41, 5.74) is 7.97. The van der Waals surface area contributed by atoms with Gasteiger partial charge in [-0.2, -0.15) is 0 Å². The number of nitrogens with one attached hydrogen (secondary N) is 1. The Balaban J connectivity index is 0.000000127. The zero-order valence-corrected chi connectivity index (χ0v) is 22.7. The van der Waals surface area contributed by atoms with E-state index < -0.39 is 0 Å². The molecular weight excluding hydrogens is 466 g/mol. The number of hydrogen-bond acceptors (Lipinski definition) is 4. The van der Waals surface area contributed by atoms with Crippen molar-refractivity contribution in [3.8, 4) is 0 Å². The fourth-order valence-electron chi connectivity index (χ4n) is 6.12. The van der Waals surface area contributed by atoms with E-state index in [1.54, 1.807) is 0 Å². The fraction of sp³-hybridized carbons (Fsp3) is 0.353. The third-order valence-electron chi connectivity index (χ3n) is 8.52. The molecule has 2 fully saturated rings. The normalized spacial score (nSPS) is 21.8. The molecule has 0 aromatic heterocycles. The van der Waals surface area contributed by atoms with Gasteiger partial charge < -0.3 is 5.43 Å². The molecule has 0 amide bonds. The summed E-state index contributed by atoms with van der Waals surface area (Å²) in [7, 11) is 0. The first-order chi connectivity index (χ1) is 18.5. The molecule has 0 spiro atoms. The molecule has 2 aliphatic carbocycles. The van der Waals surface area contributed by atoms with E-state index >= 15 is 0 Å². The molecule has 2 unspecified atom stereocenters. The Morgan fingerprint density at radius 2 is 1.50 bits per heavy atom. The van der Waals surface area contributed by atoms with Gasteiger partial charge in [0.2, 0.25) is 0 Å². The van der Waals surface area contributed by atoms with Crippen molar-refractivity contribution < 1.29 is 4.79 Å². The minimum absolute atomic E-state index is 0.220. The van der Waals surface area contributed by atoms with E-state index in [0.29, 0.717) is 11.7 Å². The molecule has 3 aliphatic rings. The van der Waals surface area contributed by atoms with Gasteiger partial charge in [-0.05, 0) is 54.5 Å². The van der Waals surface area contributed by atoms with Crippen molar-refractivity contribution in [3.05, 3.63) is 84.4 Å². The van der Waals surface area contributed by atoms with Gasteiger partial charge in [-0.3, -0.25) is 15.6 Å². The lowest BCUT2D eigenvalue weighted by atomic mass is 9.70. The van der Waals surface area contributed by atoms with Gasteiger partial charge in [0.1, 0.15) is 5.78 Å². The predicted molar refractivity (Wildman–Crippen MR) is 161 cm³/mol. The molecule has 3 N–H and O–H groups in total. The van der Waals surface area contributed by atoms with E-state index in [0.717, 1.165) is 30.3 Å². The van der Waals surface area contributed by atoms with Crippen LogP contribution < -0.4 is 11.3 Å². The van der Waals surface area contributed by atoms with Crippen molar-refractivity contribution in [3.63, 3.8) is 0 Å². The van der Waals surface area contributed by atoms with E-state index in [2.05, 4.69) is 60.9 Å². The third kappa shape index (κ3) is 5.23. The number of aliphatic imine (C=N–C) groups is 1. The number of carbonyl (C=O) groups is 1. The number of anilines is 1. The number of ketones is 1. The summed E-state index contributed by atoms with van der Waals surface area (Å²) in [4.78, 5) is 15.8. The van der Waals surface area contributed by atoms with Crippen molar-refractivity contribution in [1.29, 1.82) is 0 Å². The van der Waals surface area contributed by atoms with Crippen LogP contribution in [0.2, 0.25) is 0 Å². The molecule has 2 saturated carbocycles. The number of nitrogens with two attached hydrogens (primary N) is 1. The van der Waals surface area contributed by atoms with Crippen LogP contribution in [0, 0.1) is 5.92 Å². The van der Waals surface area contributed by atoms with Gasteiger partial charge in [0.25, 0.3) is 0 Å². The van der Waals surface area contributed by atoms with Crippen LogP contribution in [0.15, 0.2) is 83.9 Å². The van der Waals surface area contributed by atoms with Gasteiger partial charge in [0, 0.05) is 34.2 Å². The molecule has 0 radical (unpaired) electrons. The first kappa shape index (κ1) is 26.1. The Hall–Kier alpha value is -3.50. The molecule has 0 bridgehead atoms. The summed E-state index contributed by atoms with van der Waals surface area (Å²) in [5.74, 6) is 6.20. The van der Waals surface area contributed by atoms with E-state index in [1.807, 2.05) is 37.3 Å². The molecule has 1 heterocycles. The van der Waals surface area contributed by atoms with Gasteiger partial charge in [-0.25, -0.2) is 0 Å². The molecule has 1 aliphatic heterocycles. The minimum atomic E-state index is 0.220. The van der Waals surface area contributed by atoms with Crippen LogP contribution in [0.3, 0.4) is 0 Å². The van der Waals surface area contributed by atoms with Gasteiger partial charge >= 0.3 is 0 Å². The Morgan fingerprint density at radius 1 is 0.816 bits per heavy atom. The summed E-state index contributed by atoms with van der Waals surface area (Å²) in [5, 5.41) is 4.98. The first-order valence-electron chi connectivity index (χ1n) is 14.1. The number of hydrogen-bond donors (Lipinski definition) is 2. The third-order valence-corrected chi connectivity index (χ3v) is 8.52. The number of rotatable bonds is 1. The number of benzene rings is 4. The van der Waals surface area contributed by atoms with E-state index in [4.69, 9.17) is 10.8 Å². The van der Waals surface area contributed by atoms with Gasteiger partial charge in [0.15, 0.2) is 0 Å². The second kappa shape index (κ2) is 11.5. The zero-order chi connectivity index (χ0) is 26.5. The molecule has 0 saturated heterocycles. The molecule has 2 atom stereocenters. The monoisotopic (exact) mass is 505 g/mol. The van der Waals surface area contributed by atoms with Gasteiger partial charge in [-0.1, -0.05) is 99.5 Å². The summed E-state index contributed by atoms with van der Waals surface area (Å²) < 4.78 is 0. The standard InChI is InChI=1S/C17H17N.C10H10N2.C7H12O/c1-17-11-5-4-8-15(17)18-16-13-7-3-2-6-12(13)9-10-14(16)17;11-12-10-7-3-5-8-4-1-2-6-9(8)10;1-6-4-2-3-5-7(6)8/h2-3,6-7,9-10H,4-5,8,11H2,1H3;1-7,12H,11H2;6H,2-5H2,1H3. The molecule has 4 aromatic carbocycles. The molecule has 4 nitrogen and oxygen atoms in total. The number of hydrazine groups is 1. The summed E-state index contributed by atoms with van der Waals surface area (Å²) in [6.45, 7) is 4.41. The quantitative estimate of drug-likeness (QED) is 0.201. The molecule has 4 heteroatoms. The van der Waals surface area contributed by atoms with Crippen molar-refractivity contribution in [2.75, 3.05) is 5.43 Å². The largest absolute Gasteiger partial charge is 0.324 e. The maximum atomic E-state index is 10.8. The highest BCUT2D eigenvalue weighted by Gasteiger charge is 2.40. The molecular formula is C34H39N3O. The minimum Gasteiger partial charge on any atom is -0.324 e. The van der Waals surface area contributed by atoms with Crippen LogP contribution in [0.5, 0.6) is 0 Å². The van der Waals surface area contributed by atoms with Crippen molar-refractivity contribution in [2.24, 2.45) is 16.8 Å². The second-order valence-corrected chi connectivity index (χ2v) is 11.1. The Kier molecular flexibility index (Phi) is 7.90. The number of Topliss-reactive ketones (excluding diaryl/α,β-unsaturated/α-hetero) is 1. The highest BCUT2D eigenvalue weighted by molar-refractivity contribution is 6.08. The van der Waals surface area contributed by atoms with Gasteiger partial charge in [-0.15, -0.1) is 0 Å². The zero-order valence-electron chi connectivity index (χ0n) is 22.7. The van der Waals surface area contributed by atoms with Crippen LogP contribution in [-0.4, -0.2) is 11.5 Å². The van der Waals surface area contributed by atoms with Crippen LogP contribution in [0.4, 0.5) is 11.4 Å². The van der Waals surface area contributed by atoms with Crippen molar-refractivity contribution in [2.45, 2.75) is 70.6 Å². The van der Waals surface area contributed by atoms with Crippen LogP contribution in [0.25, 0.3) is 21.5 Å². The highest BCUT2D eigenvalue weighted by atomic mass is 16.1. The fourth-order valence-corrected chi connectivity index (χ4v) is 6.12. The Bertz CT molecular complexity index is 1470. The van der Waals surface area contributed by atoms with Crippen molar-refractivity contribution >= 4 is 44.4 Å². The number of nitrogen functional groups attached to an aromatic ring is 1. The van der Waals surface area contributed by atoms with E-state index in [1.165, 1.54) is 65.2 Å². The summed E-state index contributed by atoms with van der Waals surface area (Å²) in [6, 6.07) is 27.3. The number of carbonyl (C=O) groups excluding carboxylic acids is 1. The van der Waals surface area contributed by atoms with Crippen LogP contribution in [-0.2, 0) is 10.2 Å². The molecule has 196 valence electrons. The lowest BCUT2D eigenvalue weighted by Gasteiger charge is -2.31. The topological polar surface area (TPSA) is 67.5 Å². The maximum absolute atomic E-state index is 10.8. The molecule has 7 rings (SSSR count). The number of fused-ring (bicyclic) bond motifs is 6. The predicted octanol–water partition coefficient (Wildman–Crippen LogP) is 8.65. The summed E-state index contributed by atoms with van der Waals surface area (Å²) in [6.07, 6.45) is 9.43. The SMILES string of the molecule is CC12CCCCC1=Nc1c2ccc2ccccc12.CC1CCCCC1=O.NNc1cccc2ccccc12. The van der Waals surface area contributed by atoms with Crippen molar-refractivity contribution in [1.82, 2.24) is 0 Å². The average molecular weight is 506 g/mol. The average Bonchev–Trinajstić information content (AvgIpc) is 3.27. The Morgan fingerprint density at radius 3 is 2.21 bits per heavy atom.